The van der Waals surface area contributed by atoms with Crippen LogP contribution in [0.3, 0.4) is 0 Å². The number of carbonyl (C=O) groups is 4. The normalized spacial score (nSPS) is 17.3. The van der Waals surface area contributed by atoms with Crippen LogP contribution in [0.25, 0.3) is 0 Å². The summed E-state index contributed by atoms with van der Waals surface area (Å²) in [6, 6.07) is 18.5. The fourth-order valence-electron chi connectivity index (χ4n) is 5.42. The van der Waals surface area contributed by atoms with E-state index in [0.717, 1.165) is 12.0 Å². The second-order valence-electron chi connectivity index (χ2n) is 11.6. The lowest BCUT2D eigenvalue weighted by Crippen LogP contribution is -2.66. The lowest BCUT2D eigenvalue weighted by molar-refractivity contribution is -0.160. The molecule has 1 aliphatic rings. The summed E-state index contributed by atoms with van der Waals surface area (Å²) in [5.41, 5.74) is 7.60. The minimum Gasteiger partial charge on any atom is -0.368 e. The van der Waals surface area contributed by atoms with E-state index in [1.807, 2.05) is 88.4 Å². The molecule has 0 aliphatic carbocycles. The number of piperazine rings is 1. The van der Waals surface area contributed by atoms with Gasteiger partial charge in [0.2, 0.25) is 23.6 Å². The van der Waals surface area contributed by atoms with E-state index < -0.39 is 18.0 Å². The van der Waals surface area contributed by atoms with Crippen molar-refractivity contribution in [3.05, 3.63) is 71.8 Å². The zero-order valence-corrected chi connectivity index (χ0v) is 24.8. The molecule has 1 saturated heterocycles. The molecule has 0 spiro atoms. The van der Waals surface area contributed by atoms with Gasteiger partial charge in [-0.05, 0) is 35.9 Å². The summed E-state index contributed by atoms with van der Waals surface area (Å²) in [5, 5.41) is 3.23. The van der Waals surface area contributed by atoms with E-state index in [-0.39, 0.29) is 55.6 Å². The maximum absolute atomic E-state index is 13.8. The van der Waals surface area contributed by atoms with Gasteiger partial charge < -0.3 is 25.8 Å². The first-order chi connectivity index (χ1) is 19.6. The SMILES string of the molecule is CC(C)CN(CC(N)=O)C(=O)CC1CN(Cc2ccccc2)C(=O)C(C(C)C)N1C(=O)CNCCc1ccccc1. The molecule has 4 amide bonds. The quantitative estimate of drug-likeness (QED) is 0.343. The standard InChI is InChI=1S/C32H45N5O4/c1-23(2)19-35(22-28(33)38)29(39)17-27-21-36(20-26-13-9-6-10-14-26)32(41)31(24(3)4)37(27)30(40)18-34-16-15-25-11-7-5-8-12-25/h5-14,23-24,27,31,34H,15-22H2,1-4H3,(H2,33,38). The Morgan fingerprint density at radius 2 is 1.59 bits per heavy atom. The molecule has 1 fully saturated rings. The highest BCUT2D eigenvalue weighted by atomic mass is 16.2. The summed E-state index contributed by atoms with van der Waals surface area (Å²) >= 11 is 0. The smallest absolute Gasteiger partial charge is 0.246 e. The largest absolute Gasteiger partial charge is 0.368 e. The number of nitrogens with zero attached hydrogens (tertiary/aromatic N) is 3. The number of rotatable bonds is 14. The maximum Gasteiger partial charge on any atom is 0.246 e. The van der Waals surface area contributed by atoms with Gasteiger partial charge in [0, 0.05) is 26.1 Å². The number of nitrogens with two attached hydrogens (primary N) is 1. The van der Waals surface area contributed by atoms with E-state index in [2.05, 4.69) is 5.32 Å². The van der Waals surface area contributed by atoms with Gasteiger partial charge in [0.05, 0.1) is 19.1 Å². The van der Waals surface area contributed by atoms with Crippen LogP contribution in [-0.2, 0) is 32.1 Å². The van der Waals surface area contributed by atoms with Crippen LogP contribution in [0, 0.1) is 11.8 Å². The third-order valence-corrected chi connectivity index (χ3v) is 7.23. The van der Waals surface area contributed by atoms with Crippen molar-refractivity contribution in [1.29, 1.82) is 0 Å². The second kappa shape index (κ2) is 15.3. The van der Waals surface area contributed by atoms with Gasteiger partial charge in [-0.25, -0.2) is 0 Å². The zero-order chi connectivity index (χ0) is 29.9. The molecule has 2 aromatic rings. The van der Waals surface area contributed by atoms with E-state index in [1.165, 1.54) is 10.5 Å². The van der Waals surface area contributed by atoms with Crippen molar-refractivity contribution in [3.63, 3.8) is 0 Å². The molecule has 0 bridgehead atoms. The van der Waals surface area contributed by atoms with Crippen LogP contribution < -0.4 is 11.1 Å². The van der Waals surface area contributed by atoms with Crippen molar-refractivity contribution in [2.24, 2.45) is 17.6 Å². The second-order valence-corrected chi connectivity index (χ2v) is 11.6. The maximum atomic E-state index is 13.8. The number of hydrogen-bond acceptors (Lipinski definition) is 5. The molecule has 9 heteroatoms. The molecule has 1 heterocycles. The molecular weight excluding hydrogens is 518 g/mol. The number of carbonyl (C=O) groups excluding carboxylic acids is 4. The number of amides is 4. The highest BCUT2D eigenvalue weighted by molar-refractivity contribution is 5.91. The summed E-state index contributed by atoms with van der Waals surface area (Å²) in [7, 11) is 0. The molecule has 9 nitrogen and oxygen atoms in total. The molecule has 222 valence electrons. The van der Waals surface area contributed by atoms with Crippen LogP contribution >= 0.6 is 0 Å². The number of nitrogens with one attached hydrogen (secondary N) is 1. The summed E-state index contributed by atoms with van der Waals surface area (Å²) in [6.07, 6.45) is 0.766. The number of benzene rings is 2. The fraction of sp³-hybridized carbons (Fsp3) is 0.500. The number of primary amides is 1. The molecule has 2 atom stereocenters. The lowest BCUT2D eigenvalue weighted by Gasteiger charge is -2.48. The third-order valence-electron chi connectivity index (χ3n) is 7.23. The predicted molar refractivity (Wildman–Crippen MR) is 159 cm³/mol. The van der Waals surface area contributed by atoms with Crippen LogP contribution in [0.4, 0.5) is 0 Å². The average molecular weight is 564 g/mol. The Hall–Kier alpha value is -3.72. The van der Waals surface area contributed by atoms with Crippen molar-refractivity contribution in [1.82, 2.24) is 20.0 Å². The van der Waals surface area contributed by atoms with E-state index in [9.17, 15) is 19.2 Å². The molecule has 2 unspecified atom stereocenters. The van der Waals surface area contributed by atoms with Crippen molar-refractivity contribution in [2.75, 3.05) is 32.7 Å². The topological polar surface area (TPSA) is 116 Å². The monoisotopic (exact) mass is 563 g/mol. The van der Waals surface area contributed by atoms with Gasteiger partial charge in [-0.15, -0.1) is 0 Å². The Morgan fingerprint density at radius 1 is 0.976 bits per heavy atom. The summed E-state index contributed by atoms with van der Waals surface area (Å²) in [4.78, 5) is 57.7. The van der Waals surface area contributed by atoms with E-state index >= 15 is 0 Å². The Kier molecular flexibility index (Phi) is 11.9. The zero-order valence-electron chi connectivity index (χ0n) is 24.8. The highest BCUT2D eigenvalue weighted by Crippen LogP contribution is 2.27. The molecule has 2 aromatic carbocycles. The van der Waals surface area contributed by atoms with E-state index in [4.69, 9.17) is 5.73 Å². The molecular formula is C32H45N5O4. The van der Waals surface area contributed by atoms with Crippen molar-refractivity contribution in [2.45, 2.75) is 59.2 Å². The van der Waals surface area contributed by atoms with Crippen LogP contribution in [0.15, 0.2) is 60.7 Å². The molecule has 41 heavy (non-hydrogen) atoms. The van der Waals surface area contributed by atoms with Crippen LogP contribution in [-0.4, -0.2) is 83.1 Å². The minimum atomic E-state index is -0.705. The molecule has 1 aliphatic heterocycles. The Bertz CT molecular complexity index is 1160. The van der Waals surface area contributed by atoms with E-state index in [1.54, 1.807) is 9.80 Å². The summed E-state index contributed by atoms with van der Waals surface area (Å²) in [6.45, 7) is 9.26. The fourth-order valence-corrected chi connectivity index (χ4v) is 5.42. The van der Waals surface area contributed by atoms with Gasteiger partial charge in [0.15, 0.2) is 0 Å². The number of hydrogen-bond donors (Lipinski definition) is 2. The minimum absolute atomic E-state index is 0.00244. The van der Waals surface area contributed by atoms with Crippen molar-refractivity contribution in [3.8, 4) is 0 Å². The summed E-state index contributed by atoms with van der Waals surface area (Å²) in [5.74, 6) is -1.21. The Balaban J connectivity index is 1.83. The van der Waals surface area contributed by atoms with Gasteiger partial charge >= 0.3 is 0 Å². The molecule has 0 radical (unpaired) electrons. The predicted octanol–water partition coefficient (Wildman–Crippen LogP) is 2.44. The Morgan fingerprint density at radius 3 is 2.15 bits per heavy atom. The van der Waals surface area contributed by atoms with Crippen LogP contribution in [0.1, 0.15) is 45.2 Å². The first kappa shape index (κ1) is 31.8. The average Bonchev–Trinajstić information content (AvgIpc) is 2.92. The molecule has 0 saturated carbocycles. The van der Waals surface area contributed by atoms with Gasteiger partial charge in [0.25, 0.3) is 0 Å². The summed E-state index contributed by atoms with van der Waals surface area (Å²) < 4.78 is 0. The molecule has 3 N–H and O–H groups in total. The molecule has 0 aromatic heterocycles. The van der Waals surface area contributed by atoms with Gasteiger partial charge in [0.1, 0.15) is 6.04 Å². The third kappa shape index (κ3) is 9.42. The Labute approximate surface area is 244 Å². The van der Waals surface area contributed by atoms with E-state index in [0.29, 0.717) is 19.6 Å². The highest BCUT2D eigenvalue weighted by Gasteiger charge is 2.45. The van der Waals surface area contributed by atoms with Gasteiger partial charge in [-0.2, -0.15) is 0 Å². The first-order valence-corrected chi connectivity index (χ1v) is 14.5. The van der Waals surface area contributed by atoms with Gasteiger partial charge in [-0.3, -0.25) is 19.2 Å². The van der Waals surface area contributed by atoms with Crippen molar-refractivity contribution >= 4 is 23.6 Å². The van der Waals surface area contributed by atoms with Crippen LogP contribution in [0.2, 0.25) is 0 Å². The lowest BCUT2D eigenvalue weighted by atomic mass is 9.93. The van der Waals surface area contributed by atoms with Crippen LogP contribution in [0.5, 0.6) is 0 Å². The van der Waals surface area contributed by atoms with Gasteiger partial charge in [-0.1, -0.05) is 88.4 Å². The van der Waals surface area contributed by atoms with Crippen molar-refractivity contribution < 1.29 is 19.2 Å². The molecule has 3 rings (SSSR count). The first-order valence-electron chi connectivity index (χ1n) is 14.5.